The Hall–Kier alpha value is -1.96. The van der Waals surface area contributed by atoms with Gasteiger partial charge in [0.2, 0.25) is 0 Å². The van der Waals surface area contributed by atoms with Gasteiger partial charge in [0, 0.05) is 0 Å². The number of aryl methyl sites for hydroxylation is 2. The molecular weight excluding hydrogens is 863 g/mol. The third-order valence-corrected chi connectivity index (χ3v) is 66.3. The third-order valence-electron chi connectivity index (χ3n) is 14.4. The Bertz CT molecular complexity index is 2150. The monoisotopic (exact) mass is 937 g/mol. The first kappa shape index (κ1) is 47.5. The van der Waals surface area contributed by atoms with E-state index in [1.54, 1.807) is 0 Å². The predicted octanol–water partition coefficient (Wildman–Crippen LogP) is 17.7. The summed E-state index contributed by atoms with van der Waals surface area (Å²) in [6.07, 6.45) is 8.95. The van der Waals surface area contributed by atoms with Crippen LogP contribution in [0.4, 0.5) is 0 Å². The number of hydrogen-bond acceptors (Lipinski definition) is 0. The van der Waals surface area contributed by atoms with Crippen LogP contribution < -0.4 is 0 Å². The number of allylic oxidation sites excluding steroid dienone is 2. The van der Waals surface area contributed by atoms with Gasteiger partial charge in [-0.2, -0.15) is 0 Å². The molecule has 0 saturated heterocycles. The Morgan fingerprint density at radius 2 is 0.767 bits per heavy atom. The summed E-state index contributed by atoms with van der Waals surface area (Å²) < 4.78 is 0.131. The van der Waals surface area contributed by atoms with E-state index in [2.05, 4.69) is 197 Å². The van der Waals surface area contributed by atoms with Crippen LogP contribution in [-0.4, -0.2) is 5.92 Å². The first-order valence-corrected chi connectivity index (χ1v) is 39.5. The maximum absolute atomic E-state index is 8.98. The van der Waals surface area contributed by atoms with Crippen LogP contribution in [0.1, 0.15) is 187 Å². The molecule has 2 aliphatic rings. The average Bonchev–Trinajstić information content (AvgIpc) is 3.75. The van der Waals surface area contributed by atoms with Crippen molar-refractivity contribution in [1.82, 2.24) is 0 Å². The molecule has 4 aromatic carbocycles. The first-order valence-electron chi connectivity index (χ1n) is 23.2. The van der Waals surface area contributed by atoms with Gasteiger partial charge in [-0.1, -0.05) is 0 Å². The van der Waals surface area contributed by atoms with Gasteiger partial charge in [0.05, 0.1) is 0 Å². The van der Waals surface area contributed by atoms with Crippen LogP contribution >= 0.6 is 17.0 Å². The molecule has 0 spiro atoms. The fourth-order valence-electron chi connectivity index (χ4n) is 10.4. The van der Waals surface area contributed by atoms with E-state index in [0.717, 1.165) is 25.7 Å². The summed E-state index contributed by atoms with van der Waals surface area (Å²) in [4.78, 5) is 0. The van der Waals surface area contributed by atoms with Gasteiger partial charge < -0.3 is 0 Å². The van der Waals surface area contributed by atoms with Gasteiger partial charge >= 0.3 is 379 Å². The molecule has 0 aliphatic heterocycles. The zero-order chi connectivity index (χ0) is 44.7. The fourth-order valence-corrected chi connectivity index (χ4v) is 42.2. The van der Waals surface area contributed by atoms with Gasteiger partial charge in [0.15, 0.2) is 0 Å². The molecule has 2 atom stereocenters. The number of halogens is 2. The molecule has 0 fully saturated rings. The van der Waals surface area contributed by atoms with Gasteiger partial charge in [-0.3, -0.25) is 0 Å². The summed E-state index contributed by atoms with van der Waals surface area (Å²) in [7, 11) is 18.0. The molecule has 0 N–H and O–H groups in total. The molecule has 4 heteroatoms. The van der Waals surface area contributed by atoms with Crippen LogP contribution in [-0.2, 0) is 50.1 Å². The molecule has 4 aromatic rings. The molecular formula is C56H77Cl2SiZr. The zero-order valence-electron chi connectivity index (χ0n) is 40.7. The molecule has 60 heavy (non-hydrogen) atoms. The van der Waals surface area contributed by atoms with E-state index >= 15 is 0 Å². The van der Waals surface area contributed by atoms with Crippen LogP contribution in [0.3, 0.4) is 0 Å². The van der Waals surface area contributed by atoms with E-state index in [-0.39, 0.29) is 28.9 Å². The molecule has 0 saturated carbocycles. The topological polar surface area (TPSA) is 0 Å². The summed E-state index contributed by atoms with van der Waals surface area (Å²) in [5.41, 5.74) is 22.3. The van der Waals surface area contributed by atoms with Crippen molar-refractivity contribution in [3.8, 4) is 22.3 Å². The summed E-state index contributed by atoms with van der Waals surface area (Å²) in [6, 6.07) is 24.6. The number of hydrogen-bond donors (Lipinski definition) is 0. The van der Waals surface area contributed by atoms with Crippen LogP contribution in [0, 0.1) is 0 Å². The van der Waals surface area contributed by atoms with Crippen LogP contribution in [0.2, 0.25) is 13.1 Å². The van der Waals surface area contributed by atoms with Gasteiger partial charge in [-0.05, 0) is 0 Å². The molecule has 6 rings (SSSR count). The molecule has 0 heterocycles. The molecule has 0 radical (unpaired) electrons. The van der Waals surface area contributed by atoms with Gasteiger partial charge in [-0.15, -0.1) is 0 Å². The Morgan fingerprint density at radius 1 is 0.467 bits per heavy atom. The number of rotatable bonds is 9. The van der Waals surface area contributed by atoms with Crippen molar-refractivity contribution >= 4 is 35.1 Å². The van der Waals surface area contributed by atoms with Crippen molar-refractivity contribution < 1.29 is 15.6 Å². The van der Waals surface area contributed by atoms with Crippen molar-refractivity contribution in [1.29, 1.82) is 0 Å². The second-order valence-corrected chi connectivity index (χ2v) is 65.4. The van der Waals surface area contributed by atoms with Crippen molar-refractivity contribution in [2.45, 2.75) is 178 Å². The second kappa shape index (κ2) is 16.2. The molecule has 323 valence electrons. The Kier molecular flexibility index (Phi) is 12.9. The third kappa shape index (κ3) is 8.18. The van der Waals surface area contributed by atoms with E-state index in [9.17, 15) is 0 Å². The Balaban J connectivity index is 1.66. The number of fused-ring (bicyclic) bond motifs is 2. The van der Waals surface area contributed by atoms with Crippen molar-refractivity contribution in [3.05, 3.63) is 127 Å². The zero-order valence-corrected chi connectivity index (χ0v) is 45.9. The summed E-state index contributed by atoms with van der Waals surface area (Å²) >= 11 is -5.01. The first-order chi connectivity index (χ1) is 27.6. The van der Waals surface area contributed by atoms with E-state index in [4.69, 9.17) is 17.0 Å². The van der Waals surface area contributed by atoms with Crippen LogP contribution in [0.15, 0.2) is 71.8 Å². The molecule has 2 aliphatic carbocycles. The number of benzene rings is 4. The predicted molar refractivity (Wildman–Crippen MR) is 270 cm³/mol. The van der Waals surface area contributed by atoms with Crippen molar-refractivity contribution in [2.75, 3.05) is 0 Å². The summed E-state index contributed by atoms with van der Waals surface area (Å²) in [5, 5.41) is 0. The molecule has 0 amide bonds. The normalized spacial score (nSPS) is 18.0. The second-order valence-electron chi connectivity index (χ2n) is 22.9. The molecule has 0 nitrogen and oxygen atoms in total. The molecule has 0 aromatic heterocycles. The van der Waals surface area contributed by atoms with E-state index in [1.165, 1.54) is 89.0 Å². The Labute approximate surface area is 375 Å². The summed E-state index contributed by atoms with van der Waals surface area (Å²) in [5.74, 6) is -1.73. The van der Waals surface area contributed by atoms with E-state index < -0.39 is 21.5 Å². The van der Waals surface area contributed by atoms with Crippen LogP contribution in [0.25, 0.3) is 34.4 Å². The summed E-state index contributed by atoms with van der Waals surface area (Å²) in [6.45, 7) is 42.4. The SMILES string of the molecule is CCC1=Cc2c(ccc(CC)c2-c2cc(C(C)(C)C)cc(C(C)(C)C)c2)[CH]1[Zr]([Cl])([Cl])([CH]1C(CC)=Cc2c1ccc(CC)c2-c1cc(C(C)(C)C)cc(C(C)(C)C)c1)[SiH](C)C. The van der Waals surface area contributed by atoms with Crippen molar-refractivity contribution in [3.63, 3.8) is 0 Å². The Morgan fingerprint density at radius 3 is 1.00 bits per heavy atom. The minimum absolute atomic E-state index is 0.0239. The quantitative estimate of drug-likeness (QED) is 0.147. The minimum atomic E-state index is -5.01. The van der Waals surface area contributed by atoms with Crippen LogP contribution in [0.5, 0.6) is 0 Å². The fraction of sp³-hybridized carbons (Fsp3) is 0.500. The van der Waals surface area contributed by atoms with E-state index in [0.29, 0.717) is 0 Å². The van der Waals surface area contributed by atoms with Gasteiger partial charge in [0.25, 0.3) is 0 Å². The molecule has 2 unspecified atom stereocenters. The standard InChI is InChI=1S/2C27H35.C2H7Si.2ClH.Zr/c2*1-9-18-13-20-12-11-19(10-2)25(24(20)14-18)21-15-22(26(3,4)5)17-23(16-21)27(6,7)8;1-3-2;;;/h2*11-17H,9-10H2,1-8H3;3H,1-2H3;2*1H;/q;;;;;+2/p-2. The average molecular weight is 940 g/mol. The van der Waals surface area contributed by atoms with Crippen molar-refractivity contribution in [2.24, 2.45) is 0 Å². The van der Waals surface area contributed by atoms with Gasteiger partial charge in [-0.25, -0.2) is 0 Å². The van der Waals surface area contributed by atoms with E-state index in [1.807, 2.05) is 0 Å². The maximum atomic E-state index is 8.98. The molecule has 0 bridgehead atoms. The van der Waals surface area contributed by atoms with Gasteiger partial charge in [0.1, 0.15) is 0 Å².